The topological polar surface area (TPSA) is 98.2 Å². The van der Waals surface area contributed by atoms with Crippen LogP contribution in [0.3, 0.4) is 0 Å². The first-order valence-electron chi connectivity index (χ1n) is 12.9. The molecule has 1 saturated heterocycles. The van der Waals surface area contributed by atoms with E-state index in [0.717, 1.165) is 24.8 Å². The molecule has 3 heterocycles. The number of hydrogen-bond donors (Lipinski definition) is 1. The summed E-state index contributed by atoms with van der Waals surface area (Å²) in [4.78, 5) is 32.3. The number of ketones is 1. The normalized spacial score (nSPS) is 18.0. The summed E-state index contributed by atoms with van der Waals surface area (Å²) >= 11 is 0. The number of nitrogens with zero attached hydrogens (tertiary/aromatic N) is 2. The molecule has 5 rings (SSSR count). The van der Waals surface area contributed by atoms with Gasteiger partial charge in [0.1, 0.15) is 24.7 Å². The van der Waals surface area contributed by atoms with Crippen molar-refractivity contribution in [2.24, 2.45) is 0 Å². The molecule has 1 atom stereocenters. The molecule has 8 nitrogen and oxygen atoms in total. The van der Waals surface area contributed by atoms with Crippen molar-refractivity contribution in [3.63, 3.8) is 0 Å². The monoisotopic (exact) mass is 514 g/mol. The highest BCUT2D eigenvalue weighted by atomic mass is 16.6. The van der Waals surface area contributed by atoms with Crippen LogP contribution in [0.2, 0.25) is 0 Å². The molecular weight excluding hydrogens is 484 g/mol. The zero-order chi connectivity index (χ0) is 26.5. The SMILES string of the molecule is CCCCCOc1cccc(C2/C(=C(/O)c3ccc4c(c3)OCCO4)C(=O)C(=O)N2Cc2ccncc2)c1. The Morgan fingerprint density at radius 3 is 2.61 bits per heavy atom. The summed E-state index contributed by atoms with van der Waals surface area (Å²) in [6.45, 7) is 3.71. The summed E-state index contributed by atoms with van der Waals surface area (Å²) in [7, 11) is 0. The van der Waals surface area contributed by atoms with E-state index in [4.69, 9.17) is 14.2 Å². The fraction of sp³-hybridized carbons (Fsp3) is 0.300. The summed E-state index contributed by atoms with van der Waals surface area (Å²) in [5.74, 6) is -0.00381. The van der Waals surface area contributed by atoms with E-state index in [-0.39, 0.29) is 17.9 Å². The van der Waals surface area contributed by atoms with Crippen LogP contribution in [-0.4, -0.2) is 46.5 Å². The van der Waals surface area contributed by atoms with Crippen molar-refractivity contribution < 1.29 is 28.9 Å². The number of pyridine rings is 1. The lowest BCUT2D eigenvalue weighted by atomic mass is 9.95. The highest BCUT2D eigenvalue weighted by Crippen LogP contribution is 2.42. The van der Waals surface area contributed by atoms with E-state index in [9.17, 15) is 14.7 Å². The molecule has 1 unspecified atom stereocenters. The lowest BCUT2D eigenvalue weighted by molar-refractivity contribution is -0.140. The Morgan fingerprint density at radius 2 is 1.82 bits per heavy atom. The number of unbranched alkanes of at least 4 members (excludes halogenated alkanes) is 2. The number of hydrogen-bond acceptors (Lipinski definition) is 7. The van der Waals surface area contributed by atoms with Crippen LogP contribution in [0.5, 0.6) is 17.2 Å². The molecule has 1 aromatic heterocycles. The van der Waals surface area contributed by atoms with Crippen LogP contribution in [0.15, 0.2) is 72.6 Å². The molecule has 38 heavy (non-hydrogen) atoms. The van der Waals surface area contributed by atoms with Crippen molar-refractivity contribution >= 4 is 17.4 Å². The van der Waals surface area contributed by atoms with Crippen molar-refractivity contribution in [1.29, 1.82) is 0 Å². The maximum atomic E-state index is 13.4. The van der Waals surface area contributed by atoms with Gasteiger partial charge < -0.3 is 24.2 Å². The first kappa shape index (κ1) is 25.3. The minimum Gasteiger partial charge on any atom is -0.507 e. The number of rotatable bonds is 9. The lowest BCUT2D eigenvalue weighted by Crippen LogP contribution is -2.29. The molecule has 0 bridgehead atoms. The number of aliphatic hydroxyl groups excluding tert-OH is 1. The molecule has 0 spiro atoms. The van der Waals surface area contributed by atoms with Crippen LogP contribution in [0.1, 0.15) is 48.9 Å². The Morgan fingerprint density at radius 1 is 1.03 bits per heavy atom. The largest absolute Gasteiger partial charge is 0.507 e. The lowest BCUT2D eigenvalue weighted by Gasteiger charge is -2.26. The molecule has 8 heteroatoms. The fourth-order valence-electron chi connectivity index (χ4n) is 4.74. The first-order valence-corrected chi connectivity index (χ1v) is 12.9. The minimum atomic E-state index is -0.810. The van der Waals surface area contributed by atoms with E-state index in [0.29, 0.717) is 48.2 Å². The number of amides is 1. The van der Waals surface area contributed by atoms with E-state index in [1.54, 1.807) is 42.7 Å². The van der Waals surface area contributed by atoms with Gasteiger partial charge in [-0.1, -0.05) is 31.9 Å². The van der Waals surface area contributed by atoms with Gasteiger partial charge in [-0.05, 0) is 60.0 Å². The number of ether oxygens (including phenoxy) is 3. The Balaban J connectivity index is 1.56. The second kappa shape index (κ2) is 11.4. The van der Waals surface area contributed by atoms with Crippen LogP contribution >= 0.6 is 0 Å². The molecule has 196 valence electrons. The smallest absolute Gasteiger partial charge is 0.295 e. The van der Waals surface area contributed by atoms with Crippen LogP contribution in [0, 0.1) is 0 Å². The number of carbonyl (C=O) groups is 2. The maximum Gasteiger partial charge on any atom is 0.295 e. The average Bonchev–Trinajstić information content (AvgIpc) is 3.20. The molecule has 2 aliphatic heterocycles. The van der Waals surface area contributed by atoms with Gasteiger partial charge in [-0.15, -0.1) is 0 Å². The summed E-state index contributed by atoms with van der Waals surface area (Å²) in [6, 6.07) is 15.1. The van der Waals surface area contributed by atoms with Gasteiger partial charge in [0.25, 0.3) is 11.7 Å². The van der Waals surface area contributed by atoms with Crippen molar-refractivity contribution in [2.45, 2.75) is 38.8 Å². The minimum absolute atomic E-state index is 0.0175. The van der Waals surface area contributed by atoms with E-state index >= 15 is 0 Å². The van der Waals surface area contributed by atoms with Crippen molar-refractivity contribution in [2.75, 3.05) is 19.8 Å². The molecule has 1 amide bonds. The van der Waals surface area contributed by atoms with Gasteiger partial charge in [-0.2, -0.15) is 0 Å². The molecule has 0 aliphatic carbocycles. The average molecular weight is 515 g/mol. The van der Waals surface area contributed by atoms with Crippen LogP contribution in [0.25, 0.3) is 5.76 Å². The second-order valence-electron chi connectivity index (χ2n) is 9.27. The summed E-state index contributed by atoms with van der Waals surface area (Å²) < 4.78 is 17.2. The van der Waals surface area contributed by atoms with Gasteiger partial charge in [-0.25, -0.2) is 0 Å². The second-order valence-corrected chi connectivity index (χ2v) is 9.27. The predicted molar refractivity (Wildman–Crippen MR) is 141 cm³/mol. The van der Waals surface area contributed by atoms with Crippen LogP contribution in [-0.2, 0) is 16.1 Å². The zero-order valence-electron chi connectivity index (χ0n) is 21.3. The third-order valence-electron chi connectivity index (χ3n) is 6.65. The third kappa shape index (κ3) is 5.20. The molecule has 0 radical (unpaired) electrons. The summed E-state index contributed by atoms with van der Waals surface area (Å²) in [5.41, 5.74) is 1.88. The molecule has 0 saturated carbocycles. The third-order valence-corrected chi connectivity index (χ3v) is 6.65. The molecule has 1 fully saturated rings. The Hall–Kier alpha value is -4.33. The zero-order valence-corrected chi connectivity index (χ0v) is 21.3. The summed E-state index contributed by atoms with van der Waals surface area (Å²) in [5, 5.41) is 11.4. The van der Waals surface area contributed by atoms with Gasteiger partial charge in [0.2, 0.25) is 0 Å². The van der Waals surface area contributed by atoms with Crippen molar-refractivity contribution in [3.05, 3.63) is 89.3 Å². The molecule has 2 aliphatic rings. The molecule has 3 aromatic rings. The first-order chi connectivity index (χ1) is 18.6. The van der Waals surface area contributed by atoms with Crippen LogP contribution in [0.4, 0.5) is 0 Å². The Bertz CT molecular complexity index is 1350. The predicted octanol–water partition coefficient (Wildman–Crippen LogP) is 5.04. The standard InChI is InChI=1S/C30H30N2O6/c1-2-3-4-14-36-23-7-5-6-21(17-23)27-26(28(33)22-8-9-24-25(18-22)38-16-15-37-24)29(34)30(35)32(27)19-20-10-12-31-13-11-20/h5-13,17-18,27,33H,2-4,14-16,19H2,1H3/b28-26-. The van der Waals surface area contributed by atoms with Crippen molar-refractivity contribution in [3.8, 4) is 17.2 Å². The van der Waals surface area contributed by atoms with Gasteiger partial charge in [0.05, 0.1) is 18.2 Å². The fourth-order valence-corrected chi connectivity index (χ4v) is 4.74. The van der Waals surface area contributed by atoms with Gasteiger partial charge >= 0.3 is 0 Å². The van der Waals surface area contributed by atoms with Gasteiger partial charge in [0.15, 0.2) is 11.5 Å². The van der Waals surface area contributed by atoms with Gasteiger partial charge in [0, 0.05) is 24.5 Å². The Labute approximate surface area is 221 Å². The molecular formula is C30H30N2O6. The van der Waals surface area contributed by atoms with E-state index in [2.05, 4.69) is 11.9 Å². The van der Waals surface area contributed by atoms with Gasteiger partial charge in [-0.3, -0.25) is 14.6 Å². The quantitative estimate of drug-likeness (QED) is 0.185. The number of fused-ring (bicyclic) bond motifs is 1. The highest BCUT2D eigenvalue weighted by Gasteiger charge is 2.46. The van der Waals surface area contributed by atoms with E-state index < -0.39 is 17.7 Å². The molecule has 1 N–H and O–H groups in total. The number of likely N-dealkylation sites (tertiary alicyclic amines) is 1. The number of Topliss-reactive ketones (excluding diaryl/α,β-unsaturated/α-hetero) is 1. The van der Waals surface area contributed by atoms with E-state index in [1.165, 1.54) is 4.90 Å². The number of carbonyl (C=O) groups excluding carboxylic acids is 2. The number of benzene rings is 2. The number of aliphatic hydroxyl groups is 1. The highest BCUT2D eigenvalue weighted by molar-refractivity contribution is 6.46. The Kier molecular flexibility index (Phi) is 7.58. The summed E-state index contributed by atoms with van der Waals surface area (Å²) in [6.07, 6.45) is 6.38. The van der Waals surface area contributed by atoms with E-state index in [1.807, 2.05) is 24.3 Å². The molecule has 2 aromatic carbocycles. The van der Waals surface area contributed by atoms with Crippen molar-refractivity contribution in [1.82, 2.24) is 9.88 Å². The number of aromatic nitrogens is 1. The maximum absolute atomic E-state index is 13.4. The van der Waals surface area contributed by atoms with Crippen LogP contribution < -0.4 is 14.2 Å².